The van der Waals surface area contributed by atoms with Gasteiger partial charge in [-0.2, -0.15) is 11.8 Å². The highest BCUT2D eigenvalue weighted by Crippen LogP contribution is 2.34. The van der Waals surface area contributed by atoms with Crippen molar-refractivity contribution in [2.45, 2.75) is 31.9 Å². The number of nitrogens with one attached hydrogen (secondary N) is 1. The van der Waals surface area contributed by atoms with Crippen LogP contribution in [-0.4, -0.2) is 53.0 Å². The Labute approximate surface area is 169 Å². The maximum Gasteiger partial charge on any atom is 0.257 e. The first kappa shape index (κ1) is 20.5. The molecule has 150 valence electrons. The molecule has 0 aliphatic carbocycles. The predicted octanol–water partition coefficient (Wildman–Crippen LogP) is 2.48. The van der Waals surface area contributed by atoms with Gasteiger partial charge >= 0.3 is 0 Å². The molecule has 3 rings (SSSR count). The van der Waals surface area contributed by atoms with E-state index in [0.717, 1.165) is 5.56 Å². The number of aliphatic hydroxyl groups is 1. The molecule has 2 N–H and O–H groups in total. The van der Waals surface area contributed by atoms with E-state index in [1.807, 2.05) is 36.6 Å². The van der Waals surface area contributed by atoms with E-state index in [1.165, 1.54) is 11.8 Å². The Morgan fingerprint density at radius 3 is 2.61 bits per heavy atom. The highest BCUT2D eigenvalue weighted by molar-refractivity contribution is 7.99. The maximum atomic E-state index is 12.9. The zero-order chi connectivity index (χ0) is 20.3. The van der Waals surface area contributed by atoms with Gasteiger partial charge in [-0.3, -0.25) is 9.59 Å². The van der Waals surface area contributed by atoms with Crippen molar-refractivity contribution in [2.75, 3.05) is 25.1 Å². The Balaban J connectivity index is 1.85. The molecule has 6 nitrogen and oxygen atoms in total. The molecule has 0 saturated carbocycles. The summed E-state index contributed by atoms with van der Waals surface area (Å²) in [4.78, 5) is 26.9. The molecule has 28 heavy (non-hydrogen) atoms. The Morgan fingerprint density at radius 1 is 1.32 bits per heavy atom. The first-order chi connectivity index (χ1) is 13.4. The summed E-state index contributed by atoms with van der Waals surface area (Å²) in [5.41, 5.74) is 0.453. The van der Waals surface area contributed by atoms with E-state index in [9.17, 15) is 14.7 Å². The Hall–Kier alpha value is -2.25. The van der Waals surface area contributed by atoms with Crippen molar-refractivity contribution in [2.24, 2.45) is 0 Å². The van der Waals surface area contributed by atoms with Crippen LogP contribution in [0.25, 0.3) is 0 Å². The van der Waals surface area contributed by atoms with Crippen LogP contribution in [0.5, 0.6) is 0 Å². The highest BCUT2D eigenvalue weighted by Gasteiger charge is 2.46. The van der Waals surface area contributed by atoms with Crippen molar-refractivity contribution >= 4 is 23.6 Å². The molecule has 0 radical (unpaired) electrons. The number of hydrogen-bond donors (Lipinski definition) is 2. The molecule has 1 fully saturated rings. The SMILES string of the molecule is CSCC(=O)N[C@@]1(c2ccccc2)CCN(C(=O)c2cc(C)oc2C)C[C@H]1O. The monoisotopic (exact) mass is 402 g/mol. The molecular weight excluding hydrogens is 376 g/mol. The minimum atomic E-state index is -0.924. The summed E-state index contributed by atoms with van der Waals surface area (Å²) >= 11 is 1.43. The summed E-state index contributed by atoms with van der Waals surface area (Å²) in [5, 5.41) is 14.1. The van der Waals surface area contributed by atoms with Crippen LogP contribution >= 0.6 is 11.8 Å². The summed E-state index contributed by atoms with van der Waals surface area (Å²) in [6.07, 6.45) is 1.37. The van der Waals surface area contributed by atoms with Crippen molar-refractivity contribution in [3.8, 4) is 0 Å². The van der Waals surface area contributed by atoms with Crippen LogP contribution in [0.3, 0.4) is 0 Å². The van der Waals surface area contributed by atoms with Crippen LogP contribution in [0.2, 0.25) is 0 Å². The van der Waals surface area contributed by atoms with Gasteiger partial charge < -0.3 is 19.7 Å². The molecule has 2 heterocycles. The number of piperidine rings is 1. The zero-order valence-electron chi connectivity index (χ0n) is 16.4. The van der Waals surface area contributed by atoms with E-state index in [-0.39, 0.29) is 18.4 Å². The van der Waals surface area contributed by atoms with Crippen molar-refractivity contribution in [1.29, 1.82) is 0 Å². The normalized spacial score (nSPS) is 22.1. The summed E-state index contributed by atoms with van der Waals surface area (Å²) in [6.45, 7) is 4.12. The number of aryl methyl sites for hydroxylation is 2. The summed E-state index contributed by atoms with van der Waals surface area (Å²) in [6, 6.07) is 11.2. The van der Waals surface area contributed by atoms with Crippen LogP contribution < -0.4 is 5.32 Å². The van der Waals surface area contributed by atoms with E-state index >= 15 is 0 Å². The van der Waals surface area contributed by atoms with Crippen LogP contribution in [0.15, 0.2) is 40.8 Å². The van der Waals surface area contributed by atoms with Crippen LogP contribution in [0.1, 0.15) is 33.9 Å². The third-order valence-corrected chi connectivity index (χ3v) is 5.77. The molecule has 1 saturated heterocycles. The lowest BCUT2D eigenvalue weighted by Gasteiger charge is -2.46. The Kier molecular flexibility index (Phi) is 6.15. The number of carbonyl (C=O) groups is 2. The molecule has 1 aliphatic heterocycles. The minimum absolute atomic E-state index is 0.128. The van der Waals surface area contributed by atoms with E-state index in [1.54, 1.807) is 24.8 Å². The number of amides is 2. The van der Waals surface area contributed by atoms with Crippen molar-refractivity contribution in [3.63, 3.8) is 0 Å². The number of hydrogen-bond acceptors (Lipinski definition) is 5. The Bertz CT molecular complexity index is 851. The fourth-order valence-corrected chi connectivity index (χ4v) is 4.17. The molecule has 2 amide bonds. The van der Waals surface area contributed by atoms with E-state index < -0.39 is 11.6 Å². The molecule has 1 aromatic heterocycles. The number of likely N-dealkylation sites (tertiary alicyclic amines) is 1. The number of carbonyl (C=O) groups excluding carboxylic acids is 2. The first-order valence-corrected chi connectivity index (χ1v) is 10.7. The molecule has 0 unspecified atom stereocenters. The Morgan fingerprint density at radius 2 is 2.04 bits per heavy atom. The van der Waals surface area contributed by atoms with E-state index in [4.69, 9.17) is 4.42 Å². The first-order valence-electron chi connectivity index (χ1n) is 9.27. The number of rotatable bonds is 5. The fourth-order valence-electron chi connectivity index (χ4n) is 3.84. The van der Waals surface area contributed by atoms with E-state index in [0.29, 0.717) is 35.8 Å². The number of furan rings is 1. The van der Waals surface area contributed by atoms with Gasteiger partial charge in [0.15, 0.2) is 0 Å². The molecule has 2 aromatic rings. The summed E-state index contributed by atoms with van der Waals surface area (Å²) < 4.78 is 5.47. The molecule has 0 bridgehead atoms. The predicted molar refractivity (Wildman–Crippen MR) is 109 cm³/mol. The van der Waals surface area contributed by atoms with Gasteiger partial charge in [0.05, 0.1) is 23.0 Å². The number of thioether (sulfide) groups is 1. The molecule has 1 aromatic carbocycles. The number of benzene rings is 1. The van der Waals surface area contributed by atoms with Gasteiger partial charge in [-0.1, -0.05) is 30.3 Å². The maximum absolute atomic E-state index is 12.9. The van der Waals surface area contributed by atoms with Crippen LogP contribution in [0, 0.1) is 13.8 Å². The molecule has 1 aliphatic rings. The molecule has 7 heteroatoms. The lowest BCUT2D eigenvalue weighted by atomic mass is 9.78. The van der Waals surface area contributed by atoms with E-state index in [2.05, 4.69) is 5.32 Å². The highest BCUT2D eigenvalue weighted by atomic mass is 32.2. The van der Waals surface area contributed by atoms with Gasteiger partial charge in [-0.05, 0) is 38.2 Å². The van der Waals surface area contributed by atoms with Gasteiger partial charge in [-0.15, -0.1) is 0 Å². The van der Waals surface area contributed by atoms with Crippen LogP contribution in [-0.2, 0) is 10.3 Å². The second-order valence-corrected chi connectivity index (χ2v) is 8.03. The lowest BCUT2D eigenvalue weighted by Crippen LogP contribution is -2.63. The summed E-state index contributed by atoms with van der Waals surface area (Å²) in [7, 11) is 0. The minimum Gasteiger partial charge on any atom is -0.466 e. The van der Waals surface area contributed by atoms with Gasteiger partial charge in [0, 0.05) is 13.1 Å². The largest absolute Gasteiger partial charge is 0.466 e. The number of nitrogens with zero attached hydrogens (tertiary/aromatic N) is 1. The average molecular weight is 403 g/mol. The third-order valence-electron chi connectivity index (χ3n) is 5.22. The van der Waals surface area contributed by atoms with Gasteiger partial charge in [0.25, 0.3) is 5.91 Å². The molecule has 2 atom stereocenters. The molecular formula is C21H26N2O4S. The van der Waals surface area contributed by atoms with Crippen molar-refractivity contribution in [3.05, 3.63) is 59.0 Å². The van der Waals surface area contributed by atoms with Gasteiger partial charge in [0.2, 0.25) is 5.91 Å². The fraction of sp³-hybridized carbons (Fsp3) is 0.429. The smallest absolute Gasteiger partial charge is 0.257 e. The van der Waals surface area contributed by atoms with Crippen LogP contribution in [0.4, 0.5) is 0 Å². The number of β-amino-alcohol motifs (C(OH)–C–C–N with tert-alkyl or cyclic N) is 1. The zero-order valence-corrected chi connectivity index (χ0v) is 17.2. The number of aliphatic hydroxyl groups excluding tert-OH is 1. The standard InChI is InChI=1S/C21H26N2O4S/c1-14-11-17(15(2)27-14)20(26)23-10-9-21(18(24)12-23,22-19(25)13-28-3)16-7-5-4-6-8-16/h4-8,11,18,24H,9-10,12-13H2,1-3H3,(H,22,25)/t18-,21-/m1/s1. The average Bonchev–Trinajstić information content (AvgIpc) is 3.02. The summed E-state index contributed by atoms with van der Waals surface area (Å²) in [5.74, 6) is 1.28. The second kappa shape index (κ2) is 8.41. The van der Waals surface area contributed by atoms with Gasteiger partial charge in [0.1, 0.15) is 11.5 Å². The second-order valence-electron chi connectivity index (χ2n) is 7.16. The quantitative estimate of drug-likeness (QED) is 0.803. The lowest BCUT2D eigenvalue weighted by molar-refractivity contribution is -0.124. The van der Waals surface area contributed by atoms with Crippen molar-refractivity contribution in [1.82, 2.24) is 10.2 Å². The van der Waals surface area contributed by atoms with Gasteiger partial charge in [-0.25, -0.2) is 0 Å². The topological polar surface area (TPSA) is 82.8 Å². The third kappa shape index (κ3) is 3.95. The van der Waals surface area contributed by atoms with Crippen molar-refractivity contribution < 1.29 is 19.1 Å². The molecule has 0 spiro atoms.